The number of carbonyl (C=O) groups is 2. The molecule has 7 heteroatoms. The van der Waals surface area contributed by atoms with Crippen molar-refractivity contribution in [2.24, 2.45) is 0 Å². The van der Waals surface area contributed by atoms with Crippen LogP contribution in [0.3, 0.4) is 0 Å². The van der Waals surface area contributed by atoms with Crippen molar-refractivity contribution in [3.8, 4) is 0 Å². The van der Waals surface area contributed by atoms with Crippen LogP contribution in [-0.2, 0) is 26.2 Å². The number of allylic oxidation sites excluding steroid dienone is 2. The summed E-state index contributed by atoms with van der Waals surface area (Å²) in [4.78, 5) is 44.5. The molecule has 158 valence electrons. The fourth-order valence-electron chi connectivity index (χ4n) is 2.88. The van der Waals surface area contributed by atoms with Crippen molar-refractivity contribution < 1.29 is 34.2 Å². The van der Waals surface area contributed by atoms with Crippen LogP contribution in [0.5, 0.6) is 0 Å². The fourth-order valence-corrected chi connectivity index (χ4v) is 2.88. The maximum atomic E-state index is 12.1. The summed E-state index contributed by atoms with van der Waals surface area (Å²) in [6.45, 7) is 4.40. The van der Waals surface area contributed by atoms with Crippen LogP contribution in [0.1, 0.15) is 78.7 Å². The number of hydrogen-bond acceptors (Lipinski definition) is 7. The van der Waals surface area contributed by atoms with Crippen LogP contribution in [0.15, 0.2) is 42.1 Å². The molecular formula is C22H28O7. The van der Waals surface area contributed by atoms with Gasteiger partial charge in [-0.3, -0.25) is 19.4 Å². The Kier molecular flexibility index (Phi) is 9.40. The van der Waals surface area contributed by atoms with E-state index in [9.17, 15) is 9.59 Å². The highest BCUT2D eigenvalue weighted by Gasteiger charge is 2.33. The molecule has 7 nitrogen and oxygen atoms in total. The lowest BCUT2D eigenvalue weighted by atomic mass is 10.1. The van der Waals surface area contributed by atoms with Crippen LogP contribution >= 0.6 is 0 Å². The number of benzene rings is 1. The Balaban J connectivity index is 1.71. The lowest BCUT2D eigenvalue weighted by molar-refractivity contribution is -0.373. The zero-order valence-electron chi connectivity index (χ0n) is 16.9. The van der Waals surface area contributed by atoms with Crippen LogP contribution in [0, 0.1) is 0 Å². The quantitative estimate of drug-likeness (QED) is 0.122. The van der Waals surface area contributed by atoms with Gasteiger partial charge >= 0.3 is 5.95 Å². The van der Waals surface area contributed by atoms with E-state index in [0.29, 0.717) is 18.4 Å². The van der Waals surface area contributed by atoms with Gasteiger partial charge < -0.3 is 5.11 Å². The minimum atomic E-state index is -0.504. The van der Waals surface area contributed by atoms with Gasteiger partial charge in [-0.25, -0.2) is 0 Å². The summed E-state index contributed by atoms with van der Waals surface area (Å²) in [5.41, 5.74) is 0.899. The molecule has 1 aliphatic rings. The first-order valence-corrected chi connectivity index (χ1v) is 9.94. The van der Waals surface area contributed by atoms with Crippen molar-refractivity contribution in [2.75, 3.05) is 6.61 Å². The molecule has 0 aromatic heterocycles. The third kappa shape index (κ3) is 6.44. The summed E-state index contributed by atoms with van der Waals surface area (Å²) in [6.07, 6.45) is 9.04. The van der Waals surface area contributed by atoms with Gasteiger partial charge in [-0.15, -0.1) is 0 Å². The van der Waals surface area contributed by atoms with Crippen molar-refractivity contribution in [1.29, 1.82) is 0 Å². The maximum Gasteiger partial charge on any atom is 0.348 e. The number of ketones is 2. The van der Waals surface area contributed by atoms with Gasteiger partial charge in [0, 0.05) is 11.1 Å². The molecule has 0 unspecified atom stereocenters. The molecule has 29 heavy (non-hydrogen) atoms. The van der Waals surface area contributed by atoms with E-state index in [1.165, 1.54) is 31.7 Å². The molecule has 1 aromatic rings. The Morgan fingerprint density at radius 1 is 0.966 bits per heavy atom. The van der Waals surface area contributed by atoms with E-state index in [2.05, 4.69) is 6.92 Å². The number of aliphatic hydroxyl groups excluding tert-OH is 1. The molecule has 0 radical (unpaired) electrons. The standard InChI is InChI=1S/C22H28O7/c1-3-5-6-7-8-9-12-26-28-20(4-2)29-27-15-16-10-11-17-18(13-16)22(25)19(14-23)21(17)24/h4,10-11,13-14,23H,3,5-9,12,15H2,1-2H3/b19-14-,20-4+. The smallest absolute Gasteiger partial charge is 0.348 e. The third-order valence-electron chi connectivity index (χ3n) is 4.52. The maximum absolute atomic E-state index is 12.1. The summed E-state index contributed by atoms with van der Waals surface area (Å²) < 4.78 is 0. The first kappa shape index (κ1) is 22.6. The van der Waals surface area contributed by atoms with Gasteiger partial charge in [0.05, 0.1) is 12.9 Å². The van der Waals surface area contributed by atoms with Gasteiger partial charge in [-0.05, 0) is 37.1 Å². The van der Waals surface area contributed by atoms with Crippen molar-refractivity contribution in [3.05, 3.63) is 58.7 Å². The Morgan fingerprint density at radius 2 is 1.66 bits per heavy atom. The highest BCUT2D eigenvalue weighted by atomic mass is 17.3. The zero-order chi connectivity index (χ0) is 21.1. The van der Waals surface area contributed by atoms with Crippen LogP contribution in [0.25, 0.3) is 0 Å². The van der Waals surface area contributed by atoms with E-state index in [0.717, 1.165) is 12.8 Å². The van der Waals surface area contributed by atoms with E-state index >= 15 is 0 Å². The molecule has 0 spiro atoms. The average Bonchev–Trinajstić information content (AvgIpc) is 2.97. The third-order valence-corrected chi connectivity index (χ3v) is 4.52. The van der Waals surface area contributed by atoms with Gasteiger partial charge in [0.15, 0.2) is 0 Å². The Morgan fingerprint density at radius 3 is 2.38 bits per heavy atom. The van der Waals surface area contributed by atoms with Crippen LogP contribution in [0.2, 0.25) is 0 Å². The number of unbranched alkanes of at least 4 members (excludes halogenated alkanes) is 5. The second-order valence-electron chi connectivity index (χ2n) is 6.71. The summed E-state index contributed by atoms with van der Waals surface area (Å²) in [5, 5.41) is 9.05. The normalized spacial score (nSPS) is 15.1. The number of fused-ring (bicyclic) bond motifs is 1. The monoisotopic (exact) mass is 404 g/mol. The highest BCUT2D eigenvalue weighted by molar-refractivity contribution is 6.39. The summed E-state index contributed by atoms with van der Waals surface area (Å²) >= 11 is 0. The van der Waals surface area contributed by atoms with E-state index < -0.39 is 11.6 Å². The van der Waals surface area contributed by atoms with Crippen molar-refractivity contribution in [3.63, 3.8) is 0 Å². The Bertz CT molecular complexity index is 764. The predicted octanol–water partition coefficient (Wildman–Crippen LogP) is 5.13. The van der Waals surface area contributed by atoms with Gasteiger partial charge in [0.2, 0.25) is 11.6 Å². The second kappa shape index (κ2) is 12.0. The predicted molar refractivity (Wildman–Crippen MR) is 106 cm³/mol. The first-order chi connectivity index (χ1) is 14.1. The first-order valence-electron chi connectivity index (χ1n) is 9.94. The topological polar surface area (TPSA) is 91.3 Å². The number of hydrogen-bond donors (Lipinski definition) is 1. The van der Waals surface area contributed by atoms with Crippen LogP contribution < -0.4 is 0 Å². The number of Topliss-reactive ketones (excluding diaryl/α,β-unsaturated/α-hetero) is 2. The molecule has 0 atom stereocenters. The molecule has 0 saturated heterocycles. The van der Waals surface area contributed by atoms with Gasteiger partial charge in [-0.2, -0.15) is 9.78 Å². The lowest BCUT2D eigenvalue weighted by Crippen LogP contribution is -2.03. The molecule has 1 N–H and O–H groups in total. The minimum absolute atomic E-state index is 0.0328. The molecular weight excluding hydrogens is 376 g/mol. The average molecular weight is 404 g/mol. The number of aliphatic hydroxyl groups is 1. The van der Waals surface area contributed by atoms with Crippen molar-refractivity contribution in [1.82, 2.24) is 0 Å². The van der Waals surface area contributed by atoms with Crippen molar-refractivity contribution in [2.45, 2.75) is 59.0 Å². The Hall–Kier alpha value is -2.64. The lowest BCUT2D eigenvalue weighted by Gasteiger charge is -2.09. The molecule has 1 aromatic carbocycles. The molecule has 0 amide bonds. The molecule has 0 aliphatic heterocycles. The van der Waals surface area contributed by atoms with Crippen LogP contribution in [0.4, 0.5) is 0 Å². The van der Waals surface area contributed by atoms with E-state index in [4.69, 9.17) is 24.7 Å². The second-order valence-corrected chi connectivity index (χ2v) is 6.71. The van der Waals surface area contributed by atoms with Gasteiger partial charge in [0.25, 0.3) is 0 Å². The number of rotatable bonds is 13. The molecule has 2 rings (SSSR count). The van der Waals surface area contributed by atoms with E-state index in [1.54, 1.807) is 25.1 Å². The van der Waals surface area contributed by atoms with Crippen molar-refractivity contribution >= 4 is 11.6 Å². The van der Waals surface area contributed by atoms with E-state index in [1.807, 2.05) is 0 Å². The zero-order valence-corrected chi connectivity index (χ0v) is 16.9. The van der Waals surface area contributed by atoms with Crippen LogP contribution in [-0.4, -0.2) is 23.3 Å². The Labute approximate surface area is 170 Å². The molecule has 0 saturated carbocycles. The fraction of sp³-hybridized carbons (Fsp3) is 0.455. The summed E-state index contributed by atoms with van der Waals surface area (Å²) in [7, 11) is 0. The SMILES string of the molecule is C/C=C(\OOCCCCCCCC)OOCc1ccc2c(c1)C(=O)/C(=C\O)C2=O. The van der Waals surface area contributed by atoms with E-state index in [-0.39, 0.29) is 29.3 Å². The highest BCUT2D eigenvalue weighted by Crippen LogP contribution is 2.27. The van der Waals surface area contributed by atoms with Gasteiger partial charge in [-0.1, -0.05) is 45.1 Å². The minimum Gasteiger partial charge on any atom is -0.515 e. The van der Waals surface area contributed by atoms with Gasteiger partial charge in [0.1, 0.15) is 12.2 Å². The summed E-state index contributed by atoms with van der Waals surface area (Å²) in [6, 6.07) is 4.72. The molecule has 1 aliphatic carbocycles. The molecule has 0 heterocycles. The molecule has 0 fully saturated rings. The number of carbonyl (C=O) groups excluding carboxylic acids is 2. The largest absolute Gasteiger partial charge is 0.515 e. The summed E-state index contributed by atoms with van der Waals surface area (Å²) in [5.74, 6) is -0.909. The molecule has 0 bridgehead atoms.